The second-order valence-corrected chi connectivity index (χ2v) is 4.90. The van der Waals surface area contributed by atoms with Crippen molar-refractivity contribution in [2.45, 2.75) is 19.8 Å². The lowest BCUT2D eigenvalue weighted by Gasteiger charge is -2.07. The van der Waals surface area contributed by atoms with Crippen molar-refractivity contribution in [2.24, 2.45) is 0 Å². The Balaban J connectivity index is 2.36. The zero-order valence-corrected chi connectivity index (χ0v) is 12.7. The van der Waals surface area contributed by atoms with E-state index in [1.54, 1.807) is 6.07 Å². The summed E-state index contributed by atoms with van der Waals surface area (Å²) in [4.78, 5) is 22.2. The number of hydrogen-bond acceptors (Lipinski definition) is 3. The first-order valence-corrected chi connectivity index (χ1v) is 7.25. The van der Waals surface area contributed by atoms with Crippen LogP contribution in [0, 0.1) is 22.0 Å². The Morgan fingerprint density at radius 3 is 2.57 bits per heavy atom. The molecule has 0 atom stereocenters. The first kappa shape index (κ1) is 16.2. The minimum atomic E-state index is -0.496. The molecule has 0 heterocycles. The van der Waals surface area contributed by atoms with Crippen LogP contribution in [0.2, 0.25) is 0 Å². The van der Waals surface area contributed by atoms with Crippen LogP contribution in [0.1, 0.15) is 30.9 Å². The number of hydrogen-bond donors (Lipinski definition) is 1. The summed E-state index contributed by atoms with van der Waals surface area (Å²) in [5.41, 5.74) is 1.66. The third-order valence-corrected chi connectivity index (χ3v) is 3.08. The van der Waals surface area contributed by atoms with Crippen molar-refractivity contribution in [1.29, 1.82) is 0 Å². The van der Waals surface area contributed by atoms with Crippen LogP contribution in [0.25, 0.3) is 0 Å². The molecular formula is C18H16N2O3. The lowest BCUT2D eigenvalue weighted by molar-refractivity contribution is -0.384. The summed E-state index contributed by atoms with van der Waals surface area (Å²) in [7, 11) is 0. The fraction of sp³-hybridized carbons (Fsp3) is 0.167. The van der Waals surface area contributed by atoms with Gasteiger partial charge in [-0.1, -0.05) is 37.0 Å². The predicted octanol–water partition coefficient (Wildman–Crippen LogP) is 3.73. The molecule has 1 N–H and O–H groups in total. The molecule has 0 unspecified atom stereocenters. The molecule has 0 saturated heterocycles. The highest BCUT2D eigenvalue weighted by atomic mass is 16.6. The molecule has 0 bridgehead atoms. The van der Waals surface area contributed by atoms with Crippen LogP contribution in [0.3, 0.4) is 0 Å². The highest BCUT2D eigenvalue weighted by Crippen LogP contribution is 2.22. The SMILES string of the molecule is CCCC(=O)Nc1cc([N+](=O)[O-])ccc1C#Cc1ccccc1. The van der Waals surface area contributed by atoms with Gasteiger partial charge in [0.25, 0.3) is 5.69 Å². The van der Waals surface area contributed by atoms with Crippen LogP contribution in [0.4, 0.5) is 11.4 Å². The minimum absolute atomic E-state index is 0.0814. The molecule has 5 nitrogen and oxygen atoms in total. The number of nitrogens with zero attached hydrogens (tertiary/aromatic N) is 1. The van der Waals surface area contributed by atoms with Gasteiger partial charge in [0, 0.05) is 29.7 Å². The van der Waals surface area contributed by atoms with Crippen molar-refractivity contribution < 1.29 is 9.72 Å². The van der Waals surface area contributed by atoms with E-state index in [-0.39, 0.29) is 11.6 Å². The van der Waals surface area contributed by atoms with Gasteiger partial charge in [0.1, 0.15) is 0 Å². The van der Waals surface area contributed by atoms with Gasteiger partial charge in [-0.3, -0.25) is 14.9 Å². The number of carbonyl (C=O) groups is 1. The second-order valence-electron chi connectivity index (χ2n) is 4.90. The van der Waals surface area contributed by atoms with Crippen LogP contribution >= 0.6 is 0 Å². The van der Waals surface area contributed by atoms with Crippen LogP contribution in [-0.4, -0.2) is 10.8 Å². The van der Waals surface area contributed by atoms with Gasteiger partial charge in [0.05, 0.1) is 10.6 Å². The Hall–Kier alpha value is -3.13. The summed E-state index contributed by atoms with van der Waals surface area (Å²) in [6.45, 7) is 1.89. The van der Waals surface area contributed by atoms with Gasteiger partial charge < -0.3 is 5.32 Å². The summed E-state index contributed by atoms with van der Waals surface area (Å²) >= 11 is 0. The van der Waals surface area contributed by atoms with Crippen molar-refractivity contribution >= 4 is 17.3 Å². The van der Waals surface area contributed by atoms with Crippen LogP contribution in [0.15, 0.2) is 48.5 Å². The summed E-state index contributed by atoms with van der Waals surface area (Å²) in [5.74, 6) is 5.76. The molecular weight excluding hydrogens is 292 g/mol. The van der Waals surface area contributed by atoms with Gasteiger partial charge in [-0.2, -0.15) is 0 Å². The summed E-state index contributed by atoms with van der Waals surface area (Å²) in [6.07, 6.45) is 1.06. The van der Waals surface area contributed by atoms with Crippen molar-refractivity contribution in [1.82, 2.24) is 0 Å². The van der Waals surface area contributed by atoms with E-state index in [9.17, 15) is 14.9 Å². The van der Waals surface area contributed by atoms with E-state index in [1.807, 2.05) is 37.3 Å². The standard InChI is InChI=1S/C18H16N2O3/c1-2-6-18(21)19-17-13-16(20(22)23)12-11-15(17)10-9-14-7-4-3-5-8-14/h3-5,7-8,11-13H,2,6H2,1H3,(H,19,21). The molecule has 5 heteroatoms. The molecule has 0 fully saturated rings. The van der Waals surface area contributed by atoms with E-state index in [2.05, 4.69) is 17.2 Å². The first-order chi connectivity index (χ1) is 11.1. The van der Waals surface area contributed by atoms with Crippen molar-refractivity contribution in [3.63, 3.8) is 0 Å². The lowest BCUT2D eigenvalue weighted by atomic mass is 10.1. The number of nitrogens with one attached hydrogen (secondary N) is 1. The molecule has 2 rings (SSSR count). The average molecular weight is 308 g/mol. The number of carbonyl (C=O) groups excluding carboxylic acids is 1. The molecule has 0 aliphatic heterocycles. The van der Waals surface area contributed by atoms with Crippen molar-refractivity contribution in [2.75, 3.05) is 5.32 Å². The Morgan fingerprint density at radius 1 is 1.17 bits per heavy atom. The Bertz CT molecular complexity index is 774. The van der Waals surface area contributed by atoms with E-state index in [0.29, 0.717) is 24.1 Å². The fourth-order valence-electron chi connectivity index (χ4n) is 1.96. The Morgan fingerprint density at radius 2 is 1.91 bits per heavy atom. The highest BCUT2D eigenvalue weighted by Gasteiger charge is 2.11. The number of benzene rings is 2. The molecule has 1 amide bonds. The van der Waals surface area contributed by atoms with Crippen molar-refractivity contribution in [3.05, 3.63) is 69.8 Å². The molecule has 2 aromatic rings. The van der Waals surface area contributed by atoms with Gasteiger partial charge in [-0.05, 0) is 24.6 Å². The molecule has 0 aliphatic rings. The molecule has 23 heavy (non-hydrogen) atoms. The minimum Gasteiger partial charge on any atom is -0.325 e. The maximum Gasteiger partial charge on any atom is 0.271 e. The third kappa shape index (κ3) is 4.68. The number of non-ortho nitro benzene ring substituents is 1. The zero-order chi connectivity index (χ0) is 16.7. The first-order valence-electron chi connectivity index (χ1n) is 7.25. The predicted molar refractivity (Wildman–Crippen MR) is 89.1 cm³/mol. The van der Waals surface area contributed by atoms with E-state index in [4.69, 9.17) is 0 Å². The van der Waals surface area contributed by atoms with Gasteiger partial charge in [0.2, 0.25) is 5.91 Å². The van der Waals surface area contributed by atoms with E-state index < -0.39 is 4.92 Å². The molecule has 0 spiro atoms. The van der Waals surface area contributed by atoms with Crippen molar-refractivity contribution in [3.8, 4) is 11.8 Å². The maximum atomic E-state index is 11.8. The fourth-order valence-corrected chi connectivity index (χ4v) is 1.96. The highest BCUT2D eigenvalue weighted by molar-refractivity contribution is 5.92. The third-order valence-electron chi connectivity index (χ3n) is 3.08. The van der Waals surface area contributed by atoms with E-state index in [1.165, 1.54) is 12.1 Å². The number of anilines is 1. The molecule has 2 aromatic carbocycles. The summed E-state index contributed by atoms with van der Waals surface area (Å²) in [5, 5.41) is 13.6. The quantitative estimate of drug-likeness (QED) is 0.531. The van der Waals surface area contributed by atoms with E-state index >= 15 is 0 Å². The van der Waals surface area contributed by atoms with Crippen LogP contribution in [0.5, 0.6) is 0 Å². The van der Waals surface area contributed by atoms with Gasteiger partial charge >= 0.3 is 0 Å². The van der Waals surface area contributed by atoms with Gasteiger partial charge in [-0.15, -0.1) is 0 Å². The Kier molecular flexibility index (Phi) is 5.48. The topological polar surface area (TPSA) is 72.2 Å². The largest absolute Gasteiger partial charge is 0.325 e. The molecule has 116 valence electrons. The van der Waals surface area contributed by atoms with E-state index in [0.717, 1.165) is 5.56 Å². The van der Waals surface area contributed by atoms with Crippen LogP contribution in [-0.2, 0) is 4.79 Å². The maximum absolute atomic E-state index is 11.8. The molecule has 0 radical (unpaired) electrons. The average Bonchev–Trinajstić information content (AvgIpc) is 2.54. The molecule has 0 aliphatic carbocycles. The number of nitro benzene ring substituents is 1. The summed E-state index contributed by atoms with van der Waals surface area (Å²) in [6, 6.07) is 13.7. The second kappa shape index (κ2) is 7.76. The number of amides is 1. The zero-order valence-electron chi connectivity index (χ0n) is 12.7. The summed E-state index contributed by atoms with van der Waals surface area (Å²) < 4.78 is 0. The normalized spacial score (nSPS) is 9.61. The smallest absolute Gasteiger partial charge is 0.271 e. The number of rotatable bonds is 4. The Labute approximate surface area is 134 Å². The van der Waals surface area contributed by atoms with Gasteiger partial charge in [0.15, 0.2) is 0 Å². The van der Waals surface area contributed by atoms with Crippen LogP contribution < -0.4 is 5.32 Å². The lowest BCUT2D eigenvalue weighted by Crippen LogP contribution is -2.12. The van der Waals surface area contributed by atoms with Gasteiger partial charge in [-0.25, -0.2) is 0 Å². The molecule has 0 aromatic heterocycles. The number of nitro groups is 1. The molecule has 0 saturated carbocycles. The monoisotopic (exact) mass is 308 g/mol.